The van der Waals surface area contributed by atoms with E-state index in [0.717, 1.165) is 10.9 Å². The number of carbonyl (C=O) groups is 4. The third-order valence-electron chi connectivity index (χ3n) is 4.78. The van der Waals surface area contributed by atoms with E-state index in [1.165, 1.54) is 6.92 Å². The number of rotatable bonds is 11. The van der Waals surface area contributed by atoms with Crippen LogP contribution in [0, 0.1) is 0 Å². The van der Waals surface area contributed by atoms with Gasteiger partial charge < -0.3 is 36.7 Å². The lowest BCUT2D eigenvalue weighted by molar-refractivity contribution is -0.142. The first-order valence-electron chi connectivity index (χ1n) is 9.64. The highest BCUT2D eigenvalue weighted by molar-refractivity contribution is 5.92. The molecule has 1 aromatic carbocycles. The van der Waals surface area contributed by atoms with Crippen LogP contribution in [0.2, 0.25) is 0 Å². The van der Waals surface area contributed by atoms with Crippen LogP contribution in [0.4, 0.5) is 0 Å². The summed E-state index contributed by atoms with van der Waals surface area (Å²) in [6.45, 7) is 1.25. The van der Waals surface area contributed by atoms with Gasteiger partial charge in [-0.25, -0.2) is 4.79 Å². The van der Waals surface area contributed by atoms with Crippen molar-refractivity contribution in [3.8, 4) is 0 Å². The van der Waals surface area contributed by atoms with Crippen molar-refractivity contribution in [3.63, 3.8) is 0 Å². The molecule has 4 atom stereocenters. The lowest BCUT2D eigenvalue weighted by Crippen LogP contribution is -2.58. The van der Waals surface area contributed by atoms with Crippen molar-refractivity contribution in [2.24, 2.45) is 5.73 Å². The van der Waals surface area contributed by atoms with Crippen LogP contribution >= 0.6 is 0 Å². The third kappa shape index (κ3) is 6.52. The van der Waals surface area contributed by atoms with Crippen LogP contribution in [-0.4, -0.2) is 68.3 Å². The second-order valence-corrected chi connectivity index (χ2v) is 7.23. The number of hydrogen-bond acceptors (Lipinski definition) is 6. The Morgan fingerprint density at radius 3 is 2.39 bits per heavy atom. The van der Waals surface area contributed by atoms with Gasteiger partial charge in [0.25, 0.3) is 0 Å². The summed E-state index contributed by atoms with van der Waals surface area (Å²) in [6, 6.07) is 3.31. The SMILES string of the molecule is CC(O)C(NC(=O)C(N)CCC(=O)O)C(=O)NC(Cc1c[nH]c2ccccc12)C(=O)O. The first-order chi connectivity index (χ1) is 14.6. The van der Waals surface area contributed by atoms with Crippen LogP contribution in [0.5, 0.6) is 0 Å². The van der Waals surface area contributed by atoms with Crippen molar-refractivity contribution in [3.05, 3.63) is 36.0 Å². The molecule has 11 heteroatoms. The molecular formula is C20H26N4O7. The van der Waals surface area contributed by atoms with Gasteiger partial charge in [-0.1, -0.05) is 18.2 Å². The van der Waals surface area contributed by atoms with Crippen molar-refractivity contribution in [1.82, 2.24) is 15.6 Å². The van der Waals surface area contributed by atoms with Gasteiger partial charge >= 0.3 is 11.9 Å². The number of aromatic amines is 1. The Balaban J connectivity index is 2.08. The molecule has 0 saturated heterocycles. The standard InChI is InChI=1S/C20H26N4O7/c1-10(25)17(24-18(28)13(21)6-7-16(26)27)19(29)23-15(20(30)31)8-11-9-22-14-5-3-2-4-12(11)14/h2-5,9-10,13,15,17,22,25H,6-8,21H2,1H3,(H,23,29)(H,24,28)(H,26,27)(H,30,31). The number of para-hydroxylation sites is 1. The van der Waals surface area contributed by atoms with Crippen LogP contribution in [-0.2, 0) is 25.6 Å². The van der Waals surface area contributed by atoms with Crippen molar-refractivity contribution >= 4 is 34.7 Å². The van der Waals surface area contributed by atoms with E-state index in [9.17, 15) is 29.4 Å². The highest BCUT2D eigenvalue weighted by Crippen LogP contribution is 2.19. The Bertz CT molecular complexity index is 956. The fourth-order valence-electron chi connectivity index (χ4n) is 3.06. The van der Waals surface area contributed by atoms with Gasteiger partial charge in [0.05, 0.1) is 12.1 Å². The number of nitrogens with one attached hydrogen (secondary N) is 3. The first-order valence-corrected chi connectivity index (χ1v) is 9.64. The fourth-order valence-corrected chi connectivity index (χ4v) is 3.06. The summed E-state index contributed by atoms with van der Waals surface area (Å²) in [5.74, 6) is -4.14. The number of carboxylic acids is 2. The van der Waals surface area contributed by atoms with Gasteiger partial charge in [-0.2, -0.15) is 0 Å². The third-order valence-corrected chi connectivity index (χ3v) is 4.78. The van der Waals surface area contributed by atoms with Crippen molar-refractivity contribution in [1.29, 1.82) is 0 Å². The molecule has 0 aliphatic heterocycles. The number of aliphatic hydroxyl groups excluding tert-OH is 1. The zero-order valence-electron chi connectivity index (χ0n) is 16.9. The zero-order valence-corrected chi connectivity index (χ0v) is 16.9. The second kappa shape index (κ2) is 10.5. The second-order valence-electron chi connectivity index (χ2n) is 7.23. The van der Waals surface area contributed by atoms with Gasteiger partial charge in [0.15, 0.2) is 0 Å². The zero-order chi connectivity index (χ0) is 23.1. The average molecular weight is 434 g/mol. The number of H-pyrrole nitrogens is 1. The fraction of sp³-hybridized carbons (Fsp3) is 0.400. The minimum Gasteiger partial charge on any atom is -0.481 e. The number of benzene rings is 1. The quantitative estimate of drug-likeness (QED) is 0.242. The Hall–Kier alpha value is -3.44. The normalized spacial score (nSPS) is 14.9. The minimum atomic E-state index is -1.46. The molecule has 0 spiro atoms. The smallest absolute Gasteiger partial charge is 0.326 e. The predicted molar refractivity (Wildman–Crippen MR) is 110 cm³/mol. The number of hydrogen-bond donors (Lipinski definition) is 7. The first kappa shape index (κ1) is 23.8. The van der Waals surface area contributed by atoms with Crippen molar-refractivity contribution < 1.29 is 34.5 Å². The van der Waals surface area contributed by atoms with Crippen molar-refractivity contribution in [2.75, 3.05) is 0 Å². The summed E-state index contributed by atoms with van der Waals surface area (Å²) < 4.78 is 0. The molecule has 4 unspecified atom stereocenters. The molecular weight excluding hydrogens is 408 g/mol. The molecule has 1 aromatic heterocycles. The van der Waals surface area contributed by atoms with Crippen molar-refractivity contribution in [2.45, 2.75) is 50.4 Å². The summed E-state index contributed by atoms with van der Waals surface area (Å²) in [4.78, 5) is 50.1. The van der Waals surface area contributed by atoms with E-state index in [1.807, 2.05) is 18.2 Å². The number of carboxylic acid groups (broad SMARTS) is 2. The van der Waals surface area contributed by atoms with E-state index in [0.29, 0.717) is 5.56 Å². The Morgan fingerprint density at radius 2 is 1.77 bits per heavy atom. The summed E-state index contributed by atoms with van der Waals surface area (Å²) in [5.41, 5.74) is 7.11. The number of aromatic nitrogens is 1. The Morgan fingerprint density at radius 1 is 1.10 bits per heavy atom. The maximum atomic E-state index is 12.6. The number of amides is 2. The van der Waals surface area contributed by atoms with E-state index in [4.69, 9.17) is 10.8 Å². The van der Waals surface area contributed by atoms with Gasteiger partial charge in [0.1, 0.15) is 12.1 Å². The van der Waals surface area contributed by atoms with Gasteiger partial charge in [0.2, 0.25) is 11.8 Å². The maximum absolute atomic E-state index is 12.6. The highest BCUT2D eigenvalue weighted by atomic mass is 16.4. The average Bonchev–Trinajstić information content (AvgIpc) is 3.11. The topological polar surface area (TPSA) is 195 Å². The lowest BCUT2D eigenvalue weighted by Gasteiger charge is -2.24. The van der Waals surface area contributed by atoms with Gasteiger partial charge in [-0.3, -0.25) is 14.4 Å². The maximum Gasteiger partial charge on any atom is 0.326 e. The van der Waals surface area contributed by atoms with Crippen LogP contribution < -0.4 is 16.4 Å². The van der Waals surface area contributed by atoms with Crippen LogP contribution in [0.1, 0.15) is 25.3 Å². The van der Waals surface area contributed by atoms with E-state index in [2.05, 4.69) is 15.6 Å². The largest absolute Gasteiger partial charge is 0.481 e. The van der Waals surface area contributed by atoms with E-state index in [-0.39, 0.29) is 19.3 Å². The number of nitrogens with two attached hydrogens (primary N) is 1. The lowest BCUT2D eigenvalue weighted by atomic mass is 10.0. The number of carbonyl (C=O) groups excluding carboxylic acids is 2. The minimum absolute atomic E-state index is 0.0241. The Kier molecular flexibility index (Phi) is 8.11. The Labute approximate surface area is 177 Å². The predicted octanol–water partition coefficient (Wildman–Crippen LogP) is -0.662. The van der Waals surface area contributed by atoms with E-state index < -0.39 is 48.0 Å². The number of fused-ring (bicyclic) bond motifs is 1. The molecule has 2 amide bonds. The molecule has 1 heterocycles. The summed E-state index contributed by atoms with van der Waals surface area (Å²) in [5, 5.41) is 33.5. The van der Waals surface area contributed by atoms with E-state index >= 15 is 0 Å². The molecule has 0 aliphatic rings. The molecule has 168 valence electrons. The number of aliphatic carboxylic acids is 2. The summed E-state index contributed by atoms with van der Waals surface area (Å²) >= 11 is 0. The molecule has 0 bridgehead atoms. The monoisotopic (exact) mass is 434 g/mol. The van der Waals surface area contributed by atoms with E-state index in [1.54, 1.807) is 12.3 Å². The highest BCUT2D eigenvalue weighted by Gasteiger charge is 2.31. The van der Waals surface area contributed by atoms with Crippen LogP contribution in [0.3, 0.4) is 0 Å². The molecule has 0 saturated carbocycles. The van der Waals surface area contributed by atoms with Gasteiger partial charge in [-0.05, 0) is 25.0 Å². The van der Waals surface area contributed by atoms with Crippen LogP contribution in [0.15, 0.2) is 30.5 Å². The molecule has 0 fully saturated rings. The summed E-state index contributed by atoms with van der Waals surface area (Å²) in [6.07, 6.45) is -0.219. The molecule has 0 radical (unpaired) electrons. The van der Waals surface area contributed by atoms with Gasteiger partial charge in [0, 0.05) is 29.9 Å². The summed E-state index contributed by atoms with van der Waals surface area (Å²) in [7, 11) is 0. The molecule has 31 heavy (non-hydrogen) atoms. The molecule has 2 aromatic rings. The molecule has 11 nitrogen and oxygen atoms in total. The van der Waals surface area contributed by atoms with Gasteiger partial charge in [-0.15, -0.1) is 0 Å². The molecule has 8 N–H and O–H groups in total. The van der Waals surface area contributed by atoms with Crippen LogP contribution in [0.25, 0.3) is 10.9 Å². The number of aliphatic hydroxyl groups is 1. The molecule has 2 rings (SSSR count). The molecule has 0 aliphatic carbocycles.